The second-order valence-corrected chi connectivity index (χ2v) is 4.61. The van der Waals surface area contributed by atoms with Crippen LogP contribution in [0.5, 0.6) is 0 Å². The summed E-state index contributed by atoms with van der Waals surface area (Å²) in [6.07, 6.45) is 2.72. The second kappa shape index (κ2) is 8.58. The van der Waals surface area contributed by atoms with Crippen molar-refractivity contribution in [3.05, 3.63) is 60.3 Å². The van der Waals surface area contributed by atoms with E-state index >= 15 is 0 Å². The average molecular weight is 283 g/mol. The van der Waals surface area contributed by atoms with Crippen molar-refractivity contribution in [3.63, 3.8) is 0 Å². The van der Waals surface area contributed by atoms with Crippen molar-refractivity contribution in [2.45, 2.75) is 13.0 Å². The Bertz CT molecular complexity index is 539. The molecule has 2 rings (SSSR count). The summed E-state index contributed by atoms with van der Waals surface area (Å²) in [5.41, 5.74) is 6.97. The summed E-state index contributed by atoms with van der Waals surface area (Å²) in [7, 11) is 0. The van der Waals surface area contributed by atoms with E-state index in [1.54, 1.807) is 6.20 Å². The minimum absolute atomic E-state index is 0.483. The minimum Gasteiger partial charge on any atom is -0.370 e. The number of aliphatic imine (C=N–C) groups is 1. The van der Waals surface area contributed by atoms with Crippen LogP contribution in [-0.4, -0.2) is 24.0 Å². The Kier molecular flexibility index (Phi) is 6.06. The van der Waals surface area contributed by atoms with Crippen LogP contribution in [0.25, 0.3) is 0 Å². The topological polar surface area (TPSA) is 75.3 Å². The zero-order valence-electron chi connectivity index (χ0n) is 12.0. The summed E-state index contributed by atoms with van der Waals surface area (Å²) in [5.74, 6) is 1.37. The van der Waals surface area contributed by atoms with Gasteiger partial charge in [0, 0.05) is 19.3 Å². The summed E-state index contributed by atoms with van der Waals surface area (Å²) in [4.78, 5) is 8.50. The molecule has 0 aliphatic heterocycles. The first-order chi connectivity index (χ1) is 10.3. The molecule has 0 spiro atoms. The summed E-state index contributed by atoms with van der Waals surface area (Å²) >= 11 is 0. The molecule has 4 N–H and O–H groups in total. The van der Waals surface area contributed by atoms with Gasteiger partial charge in [-0.25, -0.2) is 9.98 Å². The monoisotopic (exact) mass is 283 g/mol. The molecule has 0 fully saturated rings. The van der Waals surface area contributed by atoms with Gasteiger partial charge < -0.3 is 16.4 Å². The molecule has 1 aromatic heterocycles. The number of benzene rings is 1. The fraction of sp³-hybridized carbons (Fsp3) is 0.250. The molecular weight excluding hydrogens is 262 g/mol. The van der Waals surface area contributed by atoms with Crippen LogP contribution in [-0.2, 0) is 6.54 Å². The molecule has 0 aliphatic carbocycles. The zero-order chi connectivity index (χ0) is 14.8. The molecule has 0 radical (unpaired) electrons. The van der Waals surface area contributed by atoms with Crippen LogP contribution in [0.1, 0.15) is 12.0 Å². The molecule has 0 aliphatic rings. The smallest absolute Gasteiger partial charge is 0.188 e. The number of nitrogens with zero attached hydrogens (tertiary/aromatic N) is 2. The largest absolute Gasteiger partial charge is 0.370 e. The lowest BCUT2D eigenvalue weighted by Crippen LogP contribution is -2.33. The standard InChI is InChI=1S/C16H21N5/c17-16(21-13-14-7-2-1-3-8-14)20-12-6-11-19-15-9-4-5-10-18-15/h1-5,7-10H,6,11-13H2,(H,18,19)(H3,17,20,21). The molecular formula is C16H21N5. The quantitative estimate of drug-likeness (QED) is 0.413. The molecule has 1 aromatic carbocycles. The van der Waals surface area contributed by atoms with Crippen molar-refractivity contribution in [3.8, 4) is 0 Å². The zero-order valence-corrected chi connectivity index (χ0v) is 12.0. The minimum atomic E-state index is 0.483. The fourth-order valence-electron chi connectivity index (χ4n) is 1.80. The van der Waals surface area contributed by atoms with E-state index < -0.39 is 0 Å². The maximum atomic E-state index is 5.82. The van der Waals surface area contributed by atoms with Gasteiger partial charge in [-0.05, 0) is 24.1 Å². The van der Waals surface area contributed by atoms with Crippen LogP contribution >= 0.6 is 0 Å². The highest BCUT2D eigenvalue weighted by Gasteiger charge is 1.94. The third kappa shape index (κ3) is 5.95. The molecule has 21 heavy (non-hydrogen) atoms. The van der Waals surface area contributed by atoms with Gasteiger partial charge in [-0.2, -0.15) is 0 Å². The molecule has 0 atom stereocenters. The number of nitrogens with one attached hydrogen (secondary N) is 2. The number of nitrogens with two attached hydrogens (primary N) is 1. The van der Waals surface area contributed by atoms with Gasteiger partial charge in [0.15, 0.2) is 5.96 Å². The molecule has 0 saturated carbocycles. The van der Waals surface area contributed by atoms with Gasteiger partial charge in [-0.3, -0.25) is 0 Å². The summed E-state index contributed by atoms with van der Waals surface area (Å²) < 4.78 is 0. The van der Waals surface area contributed by atoms with E-state index in [4.69, 9.17) is 5.73 Å². The van der Waals surface area contributed by atoms with Gasteiger partial charge in [0.2, 0.25) is 0 Å². The number of rotatable bonds is 7. The molecule has 0 unspecified atom stereocenters. The van der Waals surface area contributed by atoms with Gasteiger partial charge in [0.05, 0.1) is 6.54 Å². The van der Waals surface area contributed by atoms with Gasteiger partial charge in [-0.1, -0.05) is 36.4 Å². The van der Waals surface area contributed by atoms with Gasteiger partial charge in [-0.15, -0.1) is 0 Å². The van der Waals surface area contributed by atoms with Crippen LogP contribution in [0.15, 0.2) is 59.7 Å². The SMILES string of the molecule is NC(=NCc1ccccc1)NCCCNc1ccccn1. The first-order valence-corrected chi connectivity index (χ1v) is 7.07. The van der Waals surface area contributed by atoms with Crippen molar-refractivity contribution >= 4 is 11.8 Å². The van der Waals surface area contributed by atoms with Gasteiger partial charge in [0.25, 0.3) is 0 Å². The summed E-state index contributed by atoms with van der Waals surface area (Å²) in [6, 6.07) is 15.9. The number of aromatic nitrogens is 1. The number of hydrogen-bond acceptors (Lipinski definition) is 3. The molecule has 0 saturated heterocycles. The van der Waals surface area contributed by atoms with Crippen molar-refractivity contribution < 1.29 is 0 Å². The highest BCUT2D eigenvalue weighted by molar-refractivity contribution is 5.77. The predicted octanol–water partition coefficient (Wildman–Crippen LogP) is 1.99. The summed E-state index contributed by atoms with van der Waals surface area (Å²) in [5, 5.41) is 6.35. The lowest BCUT2D eigenvalue weighted by molar-refractivity contribution is 0.792. The molecule has 2 aromatic rings. The second-order valence-electron chi connectivity index (χ2n) is 4.61. The maximum Gasteiger partial charge on any atom is 0.188 e. The maximum absolute atomic E-state index is 5.82. The Morgan fingerprint density at radius 2 is 1.86 bits per heavy atom. The van der Waals surface area contributed by atoms with E-state index in [0.717, 1.165) is 30.9 Å². The van der Waals surface area contributed by atoms with Crippen LogP contribution in [0.2, 0.25) is 0 Å². The average Bonchev–Trinajstić information content (AvgIpc) is 2.54. The predicted molar refractivity (Wildman–Crippen MR) is 87.1 cm³/mol. The van der Waals surface area contributed by atoms with E-state index in [0.29, 0.717) is 12.5 Å². The molecule has 1 heterocycles. The van der Waals surface area contributed by atoms with E-state index in [1.807, 2.05) is 48.5 Å². The van der Waals surface area contributed by atoms with E-state index in [1.165, 1.54) is 0 Å². The summed E-state index contributed by atoms with van der Waals surface area (Å²) in [6.45, 7) is 2.23. The lowest BCUT2D eigenvalue weighted by atomic mass is 10.2. The van der Waals surface area contributed by atoms with E-state index in [2.05, 4.69) is 20.6 Å². The van der Waals surface area contributed by atoms with Crippen molar-refractivity contribution in [2.75, 3.05) is 18.4 Å². The number of guanidine groups is 1. The number of pyridine rings is 1. The molecule has 110 valence electrons. The van der Waals surface area contributed by atoms with Crippen molar-refractivity contribution in [2.24, 2.45) is 10.7 Å². The molecule has 0 amide bonds. The Morgan fingerprint density at radius 3 is 2.62 bits per heavy atom. The van der Waals surface area contributed by atoms with Gasteiger partial charge >= 0.3 is 0 Å². The Balaban J connectivity index is 1.60. The number of hydrogen-bond donors (Lipinski definition) is 3. The van der Waals surface area contributed by atoms with Crippen molar-refractivity contribution in [1.29, 1.82) is 0 Å². The third-order valence-electron chi connectivity index (χ3n) is 2.91. The molecule has 5 nitrogen and oxygen atoms in total. The third-order valence-corrected chi connectivity index (χ3v) is 2.91. The van der Waals surface area contributed by atoms with Crippen LogP contribution in [0, 0.1) is 0 Å². The normalized spacial score (nSPS) is 11.1. The van der Waals surface area contributed by atoms with Crippen LogP contribution < -0.4 is 16.4 Å². The van der Waals surface area contributed by atoms with Crippen LogP contribution in [0.3, 0.4) is 0 Å². The van der Waals surface area contributed by atoms with E-state index in [9.17, 15) is 0 Å². The first-order valence-electron chi connectivity index (χ1n) is 7.07. The lowest BCUT2D eigenvalue weighted by Gasteiger charge is -2.07. The Morgan fingerprint density at radius 1 is 1.05 bits per heavy atom. The Labute approximate surface area is 125 Å². The highest BCUT2D eigenvalue weighted by atomic mass is 15.1. The fourth-order valence-corrected chi connectivity index (χ4v) is 1.80. The number of anilines is 1. The molecule has 5 heteroatoms. The van der Waals surface area contributed by atoms with Crippen molar-refractivity contribution in [1.82, 2.24) is 10.3 Å². The first kappa shape index (κ1) is 14.8. The van der Waals surface area contributed by atoms with Gasteiger partial charge in [0.1, 0.15) is 5.82 Å². The Hall–Kier alpha value is -2.56. The molecule has 0 bridgehead atoms. The van der Waals surface area contributed by atoms with Crippen LogP contribution in [0.4, 0.5) is 5.82 Å². The highest BCUT2D eigenvalue weighted by Crippen LogP contribution is 2.00. The van der Waals surface area contributed by atoms with E-state index in [-0.39, 0.29) is 0 Å².